The molecule has 9 rings (SSSR count). The molecule has 0 saturated heterocycles. The van der Waals surface area contributed by atoms with E-state index >= 15 is 0 Å². The van der Waals surface area contributed by atoms with Gasteiger partial charge in [0, 0.05) is 38.5 Å². The number of rotatable bonds is 3. The number of hydrogen-bond acceptors (Lipinski definition) is 10. The highest BCUT2D eigenvalue weighted by Gasteiger charge is 2.32. The van der Waals surface area contributed by atoms with E-state index < -0.39 is 0 Å². The third kappa shape index (κ3) is 16.8. The van der Waals surface area contributed by atoms with E-state index in [1.165, 1.54) is 16.7 Å². The molecule has 3 N–H and O–H groups in total. The minimum Gasteiger partial charge on any atom is -0.496 e. The summed E-state index contributed by atoms with van der Waals surface area (Å²) in [6.07, 6.45) is 2.80. The Morgan fingerprint density at radius 2 is 0.468 bits per heavy atom. The SMILES string of the molecule is COc1c2cc(C(C)(C)C)cc1Cc1cc(C(C)(C)C)cc(c1OC)Cc1cc(C(C)(C)C)cc3c1OCCNC(=O)CN1CC(=O)NCCOc4c(cc(C(C)(C)C)cc4Cc4cc(C(C)(C)C)cc(c4OCCNC(=O)C1)C3)Cc1cc(C(C)(C)C)cc(c1OC)C2. The van der Waals surface area contributed by atoms with Crippen LogP contribution in [0.2, 0.25) is 0 Å². The Balaban J connectivity index is 1.46. The first-order valence-corrected chi connectivity index (χ1v) is 33.9. The molecule has 3 amide bonds. The summed E-state index contributed by atoms with van der Waals surface area (Å²) >= 11 is 0. The van der Waals surface area contributed by atoms with Gasteiger partial charge in [-0.15, -0.1) is 0 Å². The van der Waals surface area contributed by atoms with Crippen molar-refractivity contribution in [3.05, 3.63) is 173 Å². The largest absolute Gasteiger partial charge is 0.496 e. The number of benzene rings is 6. The van der Waals surface area contributed by atoms with E-state index in [4.69, 9.17) is 28.4 Å². The molecule has 6 aromatic carbocycles. The topological polar surface area (TPSA) is 146 Å². The van der Waals surface area contributed by atoms with Crippen molar-refractivity contribution in [2.24, 2.45) is 0 Å². The molecule has 0 atom stereocenters. The lowest BCUT2D eigenvalue weighted by Crippen LogP contribution is -2.48. The molecule has 94 heavy (non-hydrogen) atoms. The predicted octanol–water partition coefficient (Wildman–Crippen LogP) is 14.2. The second-order valence-electron chi connectivity index (χ2n) is 32.7. The number of amides is 3. The molecule has 0 spiro atoms. The summed E-state index contributed by atoms with van der Waals surface area (Å²) in [6.45, 7) is 41.0. The summed E-state index contributed by atoms with van der Waals surface area (Å²) in [5.41, 5.74) is 17.3. The quantitative estimate of drug-likeness (QED) is 0.146. The Kier molecular flexibility index (Phi) is 20.8. The smallest absolute Gasteiger partial charge is 0.234 e. The minimum absolute atomic E-state index is 0.136. The van der Waals surface area contributed by atoms with Crippen molar-refractivity contribution in [1.82, 2.24) is 20.9 Å². The van der Waals surface area contributed by atoms with Gasteiger partial charge in [-0.3, -0.25) is 19.3 Å². The molecule has 0 unspecified atom stereocenters. The maximum Gasteiger partial charge on any atom is 0.234 e. The van der Waals surface area contributed by atoms with Crippen LogP contribution in [0.1, 0.15) is 225 Å². The molecule has 3 aliphatic rings. The van der Waals surface area contributed by atoms with Crippen LogP contribution >= 0.6 is 0 Å². The fourth-order valence-electron chi connectivity index (χ4n) is 13.2. The van der Waals surface area contributed by atoms with Crippen LogP contribution in [-0.4, -0.2) is 103 Å². The molecule has 13 nitrogen and oxygen atoms in total. The average molecular weight is 1280 g/mol. The van der Waals surface area contributed by atoms with Crippen LogP contribution in [-0.2, 0) is 85.4 Å². The first-order valence-electron chi connectivity index (χ1n) is 33.9. The molecule has 2 aliphatic heterocycles. The third-order valence-corrected chi connectivity index (χ3v) is 18.7. The van der Waals surface area contributed by atoms with E-state index in [-0.39, 0.29) is 109 Å². The Labute approximate surface area is 562 Å². The zero-order valence-electron chi connectivity index (χ0n) is 60.7. The molecule has 0 radical (unpaired) electrons. The lowest BCUT2D eigenvalue weighted by molar-refractivity contribution is -0.127. The molecule has 506 valence electrons. The van der Waals surface area contributed by atoms with Crippen molar-refractivity contribution in [3.8, 4) is 34.5 Å². The van der Waals surface area contributed by atoms with Gasteiger partial charge in [0.25, 0.3) is 0 Å². The highest BCUT2D eigenvalue weighted by molar-refractivity contribution is 5.84. The zero-order valence-corrected chi connectivity index (χ0v) is 60.7. The summed E-state index contributed by atoms with van der Waals surface area (Å²) in [5, 5.41) is 9.21. The maximum absolute atomic E-state index is 14.1. The third-order valence-electron chi connectivity index (χ3n) is 18.7. The van der Waals surface area contributed by atoms with Crippen LogP contribution in [0.3, 0.4) is 0 Å². The van der Waals surface area contributed by atoms with Gasteiger partial charge in [0.2, 0.25) is 17.7 Å². The Morgan fingerprint density at radius 3 is 0.649 bits per heavy atom. The van der Waals surface area contributed by atoms with E-state index in [9.17, 15) is 14.4 Å². The molecule has 2 heterocycles. The van der Waals surface area contributed by atoms with Crippen molar-refractivity contribution >= 4 is 17.7 Å². The molecule has 13 heteroatoms. The van der Waals surface area contributed by atoms with E-state index in [2.05, 4.69) is 213 Å². The first-order chi connectivity index (χ1) is 43.9. The van der Waals surface area contributed by atoms with Crippen LogP contribution in [0.4, 0.5) is 0 Å². The van der Waals surface area contributed by atoms with Crippen LogP contribution < -0.4 is 44.4 Å². The van der Waals surface area contributed by atoms with Gasteiger partial charge in [-0.05, 0) is 133 Å². The summed E-state index contributed by atoms with van der Waals surface area (Å²) < 4.78 is 41.8. The van der Waals surface area contributed by atoms with Crippen molar-refractivity contribution in [3.63, 3.8) is 0 Å². The Hall–Kier alpha value is -7.51. The number of ether oxygens (including phenoxy) is 6. The van der Waals surface area contributed by atoms with Crippen molar-refractivity contribution in [1.29, 1.82) is 0 Å². The molecular formula is C81H108N4O9. The van der Waals surface area contributed by atoms with Gasteiger partial charge in [0.05, 0.1) is 60.6 Å². The number of nitrogens with one attached hydrogen (secondary N) is 3. The van der Waals surface area contributed by atoms with Crippen LogP contribution in [0.15, 0.2) is 72.8 Å². The molecule has 1 aliphatic carbocycles. The summed E-state index contributed by atoms with van der Waals surface area (Å²) in [7, 11) is 5.36. The maximum atomic E-state index is 14.1. The number of carbonyl (C=O) groups is 3. The van der Waals surface area contributed by atoms with E-state index in [1.807, 2.05) is 0 Å². The highest BCUT2D eigenvalue weighted by Crippen LogP contribution is 2.46. The van der Waals surface area contributed by atoms with Crippen LogP contribution in [0, 0.1) is 0 Å². The minimum atomic E-state index is -0.345. The Bertz CT molecular complexity index is 3600. The van der Waals surface area contributed by atoms with Gasteiger partial charge in [-0.1, -0.05) is 197 Å². The molecule has 0 saturated carbocycles. The van der Waals surface area contributed by atoms with Crippen LogP contribution in [0.25, 0.3) is 0 Å². The monoisotopic (exact) mass is 1280 g/mol. The van der Waals surface area contributed by atoms with Crippen molar-refractivity contribution < 1.29 is 42.8 Å². The van der Waals surface area contributed by atoms with Gasteiger partial charge < -0.3 is 44.4 Å². The number of fused-ring (bicyclic) bond motifs is 12. The number of methoxy groups -OCH3 is 3. The first kappa shape index (κ1) is 70.8. The van der Waals surface area contributed by atoms with Gasteiger partial charge in [-0.25, -0.2) is 0 Å². The van der Waals surface area contributed by atoms with Gasteiger partial charge >= 0.3 is 0 Å². The second kappa shape index (κ2) is 27.7. The number of nitrogens with zero attached hydrogens (tertiary/aromatic N) is 1. The standard InChI is InChI=1S/C81H108N4O9/c1-76(2,3)61-34-49-28-51-36-62(77(4,5)6)38-53(71(51)90-20)30-55-40-64(79(10,11)12)42-57-32-59-44-66(81(16,17)18)45-60-33-58-43-65(80(13,14)15)41-56(31-54-39-63(78(7,8)9)37-52(72(54)91-21)29-50(35-61)70(49)89-19)74(58)93-26-23-83-68(87)47-85(46-67(86)82-22-25-92-73(55)57)48-69(88)84-24-27-94-75(59)60/h34-45H,22-33,46-48H2,1-21H3,(H,82,86)(H,83,87)(H,84,88). The molecular weight excluding hydrogens is 1170 g/mol. The van der Waals surface area contributed by atoms with Crippen LogP contribution in [0.5, 0.6) is 34.5 Å². The van der Waals surface area contributed by atoms with Gasteiger partial charge in [-0.2, -0.15) is 0 Å². The summed E-state index contributed by atoms with van der Waals surface area (Å²) in [5.74, 6) is 3.56. The fraction of sp³-hybridized carbons (Fsp3) is 0.519. The predicted molar refractivity (Wildman–Crippen MR) is 379 cm³/mol. The molecule has 6 aromatic rings. The Morgan fingerprint density at radius 1 is 0.298 bits per heavy atom. The van der Waals surface area contributed by atoms with E-state index in [1.54, 1.807) is 26.2 Å². The second-order valence-corrected chi connectivity index (χ2v) is 32.7. The number of carbonyl (C=O) groups excluding carboxylic acids is 3. The fourth-order valence-corrected chi connectivity index (χ4v) is 13.2. The van der Waals surface area contributed by atoms with Crippen molar-refractivity contribution in [2.45, 2.75) is 196 Å². The summed E-state index contributed by atoms with van der Waals surface area (Å²) in [6, 6.07) is 27.8. The number of hydrogen-bond donors (Lipinski definition) is 3. The highest BCUT2D eigenvalue weighted by atomic mass is 16.5. The normalized spacial score (nSPS) is 16.2. The molecule has 0 aromatic heterocycles. The molecule has 16 bridgehead atoms. The van der Waals surface area contributed by atoms with Gasteiger partial charge in [0.1, 0.15) is 54.3 Å². The summed E-state index contributed by atoms with van der Waals surface area (Å²) in [4.78, 5) is 43.6. The van der Waals surface area contributed by atoms with E-state index in [0.717, 1.165) is 118 Å². The average Bonchev–Trinajstić information content (AvgIpc) is 0.791. The van der Waals surface area contributed by atoms with E-state index in [0.29, 0.717) is 38.5 Å². The van der Waals surface area contributed by atoms with Crippen molar-refractivity contribution in [2.75, 3.05) is 80.4 Å². The zero-order chi connectivity index (χ0) is 68.6. The molecule has 0 fully saturated rings. The lowest BCUT2D eigenvalue weighted by atomic mass is 9.79. The lowest BCUT2D eigenvalue weighted by Gasteiger charge is -2.29. The van der Waals surface area contributed by atoms with Gasteiger partial charge in [0.15, 0.2) is 0 Å².